The molecule has 14 heteroatoms. The van der Waals surface area contributed by atoms with Crippen LogP contribution in [0, 0.1) is 13.7 Å². The van der Waals surface area contributed by atoms with Gasteiger partial charge in [0, 0.05) is 0 Å². The van der Waals surface area contributed by atoms with Crippen molar-refractivity contribution in [3.8, 4) is 0 Å². The molecule has 0 aliphatic rings. The average Bonchev–Trinajstić information content (AvgIpc) is 2.44. The summed E-state index contributed by atoms with van der Waals surface area (Å²) >= 11 is -4.53. The predicted molar refractivity (Wildman–Crippen MR) is 70.1 cm³/mol. The van der Waals surface area contributed by atoms with Crippen molar-refractivity contribution in [2.24, 2.45) is 0 Å². The molecule has 0 unspecified atom stereocenters. The SMILES string of the molecule is O=C(OI(OC(=O)C(F)(F)F)c1ccc([N+](=O)[O-])cc1)C(F)(F)F. The summed E-state index contributed by atoms with van der Waals surface area (Å²) < 4.78 is 80.2. The van der Waals surface area contributed by atoms with Crippen molar-refractivity contribution >= 4 is 38.3 Å². The Hall–Kier alpha value is -2.13. The van der Waals surface area contributed by atoms with Gasteiger partial charge in [-0.25, -0.2) is 0 Å². The third kappa shape index (κ3) is 5.50. The number of nitrogens with zero attached hydrogens (tertiary/aromatic N) is 1. The van der Waals surface area contributed by atoms with Gasteiger partial charge in [-0.3, -0.25) is 0 Å². The van der Waals surface area contributed by atoms with Crippen LogP contribution in [0.5, 0.6) is 0 Å². The van der Waals surface area contributed by atoms with Gasteiger partial charge in [-0.15, -0.1) is 0 Å². The molecule has 0 atom stereocenters. The average molecular weight is 475 g/mol. The Labute approximate surface area is 136 Å². The molecule has 1 aromatic rings. The maximum absolute atomic E-state index is 12.2. The summed E-state index contributed by atoms with van der Waals surface area (Å²) in [5.41, 5.74) is -0.529. The monoisotopic (exact) mass is 475 g/mol. The zero-order valence-corrected chi connectivity index (χ0v) is 13.0. The topological polar surface area (TPSA) is 95.7 Å². The minimum atomic E-state index is -5.53. The molecule has 0 amide bonds. The summed E-state index contributed by atoms with van der Waals surface area (Å²) in [4.78, 5) is 31.1. The van der Waals surface area contributed by atoms with E-state index in [0.29, 0.717) is 0 Å². The fourth-order valence-electron chi connectivity index (χ4n) is 0.985. The number of alkyl halides is 6. The molecule has 0 fully saturated rings. The first-order valence-corrected chi connectivity index (χ1v) is 8.20. The van der Waals surface area contributed by atoms with Crippen LogP contribution in [-0.2, 0) is 15.7 Å². The molecule has 0 heterocycles. The molecule has 0 saturated heterocycles. The van der Waals surface area contributed by atoms with Crippen molar-refractivity contribution in [2.75, 3.05) is 0 Å². The fraction of sp³-hybridized carbons (Fsp3) is 0.200. The molecular formula is C10H4F6INO6. The van der Waals surface area contributed by atoms with E-state index >= 15 is 0 Å². The van der Waals surface area contributed by atoms with E-state index in [-0.39, 0.29) is 0 Å². The molecule has 0 bridgehead atoms. The van der Waals surface area contributed by atoms with Crippen molar-refractivity contribution < 1.29 is 47.0 Å². The molecular weight excluding hydrogens is 471 g/mol. The van der Waals surface area contributed by atoms with E-state index in [1.54, 1.807) is 0 Å². The second-order valence-corrected chi connectivity index (χ2v) is 7.04. The van der Waals surface area contributed by atoms with Crippen molar-refractivity contribution in [3.05, 3.63) is 37.9 Å². The van der Waals surface area contributed by atoms with E-state index in [1.165, 1.54) is 0 Å². The Morgan fingerprint density at radius 2 is 1.29 bits per heavy atom. The summed E-state index contributed by atoms with van der Waals surface area (Å²) in [6.45, 7) is 0. The Kier molecular flexibility index (Phi) is 5.96. The quantitative estimate of drug-likeness (QED) is 0.287. The molecule has 0 aliphatic carbocycles. The molecule has 134 valence electrons. The summed E-state index contributed by atoms with van der Waals surface area (Å²) in [6.07, 6.45) is -11.1. The van der Waals surface area contributed by atoms with Gasteiger partial charge in [-0.05, 0) is 0 Å². The number of benzene rings is 1. The van der Waals surface area contributed by atoms with Crippen LogP contribution in [0.15, 0.2) is 24.3 Å². The number of hydrogen-bond donors (Lipinski definition) is 0. The molecule has 0 aromatic heterocycles. The van der Waals surface area contributed by atoms with E-state index < -0.39 is 59.1 Å². The number of carbonyl (C=O) groups is 2. The molecule has 0 radical (unpaired) electrons. The van der Waals surface area contributed by atoms with E-state index in [9.17, 15) is 46.0 Å². The van der Waals surface area contributed by atoms with Crippen molar-refractivity contribution in [1.29, 1.82) is 0 Å². The van der Waals surface area contributed by atoms with Crippen LogP contribution in [0.25, 0.3) is 0 Å². The van der Waals surface area contributed by atoms with Crippen LogP contribution in [0.1, 0.15) is 0 Å². The first-order valence-electron chi connectivity index (χ1n) is 5.36. The molecule has 7 nitrogen and oxygen atoms in total. The van der Waals surface area contributed by atoms with Gasteiger partial charge in [0.25, 0.3) is 0 Å². The first kappa shape index (κ1) is 19.9. The second-order valence-electron chi connectivity index (χ2n) is 3.68. The van der Waals surface area contributed by atoms with Gasteiger partial charge in [0.15, 0.2) is 0 Å². The first-order chi connectivity index (χ1) is 10.8. The summed E-state index contributed by atoms with van der Waals surface area (Å²) in [6, 6.07) is 2.94. The zero-order chi connectivity index (χ0) is 18.7. The van der Waals surface area contributed by atoms with Gasteiger partial charge in [0.05, 0.1) is 0 Å². The number of hydrogen-bond acceptors (Lipinski definition) is 6. The van der Waals surface area contributed by atoms with E-state index in [0.717, 1.165) is 24.3 Å². The molecule has 1 rings (SSSR count). The van der Waals surface area contributed by atoms with Crippen molar-refractivity contribution in [1.82, 2.24) is 0 Å². The Balaban J connectivity index is 3.10. The van der Waals surface area contributed by atoms with Gasteiger partial charge < -0.3 is 0 Å². The summed E-state index contributed by atoms with van der Waals surface area (Å²) in [5.74, 6) is -5.69. The normalized spacial score (nSPS) is 12.3. The summed E-state index contributed by atoms with van der Waals surface area (Å²) in [5, 5.41) is 10.5. The molecule has 24 heavy (non-hydrogen) atoms. The van der Waals surface area contributed by atoms with Crippen LogP contribution < -0.4 is 0 Å². The number of nitro groups is 1. The Bertz CT molecular complexity index is 615. The van der Waals surface area contributed by atoms with Crippen molar-refractivity contribution in [3.63, 3.8) is 0 Å². The molecule has 0 spiro atoms. The minimum absolute atomic E-state index is 0.500. The number of non-ortho nitro benzene ring substituents is 1. The van der Waals surface area contributed by atoms with Crippen LogP contribution in [0.2, 0.25) is 0 Å². The van der Waals surface area contributed by atoms with Crippen LogP contribution in [0.3, 0.4) is 0 Å². The molecule has 1 aromatic carbocycles. The number of halogens is 7. The predicted octanol–water partition coefficient (Wildman–Crippen LogP) is 3.31. The van der Waals surface area contributed by atoms with E-state index in [1.807, 2.05) is 0 Å². The number of carbonyl (C=O) groups excluding carboxylic acids is 2. The van der Waals surface area contributed by atoms with Gasteiger partial charge in [0.1, 0.15) is 0 Å². The van der Waals surface area contributed by atoms with E-state index in [2.05, 4.69) is 6.13 Å². The third-order valence-electron chi connectivity index (χ3n) is 1.96. The van der Waals surface area contributed by atoms with Gasteiger partial charge >= 0.3 is 136 Å². The molecule has 0 N–H and O–H groups in total. The number of nitro benzene ring substituents is 1. The standard InChI is InChI=1S/C10H4F6INO6/c11-9(12,13)7(19)23-17(24-8(20)10(14,15)16)5-1-3-6(4-2-5)18(21)22/h1-4H. The second kappa shape index (κ2) is 7.18. The Morgan fingerprint density at radius 3 is 1.58 bits per heavy atom. The van der Waals surface area contributed by atoms with Crippen molar-refractivity contribution in [2.45, 2.75) is 12.4 Å². The third-order valence-corrected chi connectivity index (χ3v) is 5.30. The fourth-order valence-corrected chi connectivity index (χ4v) is 3.76. The van der Waals surface area contributed by atoms with Gasteiger partial charge in [-0.2, -0.15) is 0 Å². The summed E-state index contributed by atoms with van der Waals surface area (Å²) in [7, 11) is 0. The Morgan fingerprint density at radius 1 is 0.917 bits per heavy atom. The maximum atomic E-state index is 12.2. The van der Waals surface area contributed by atoms with Gasteiger partial charge in [0.2, 0.25) is 0 Å². The zero-order valence-electron chi connectivity index (χ0n) is 10.9. The van der Waals surface area contributed by atoms with Gasteiger partial charge in [-0.1, -0.05) is 0 Å². The van der Waals surface area contributed by atoms with Crippen LogP contribution >= 0.6 is 20.6 Å². The molecule has 0 aliphatic heterocycles. The van der Waals surface area contributed by atoms with E-state index in [4.69, 9.17) is 0 Å². The van der Waals surface area contributed by atoms with Crippen LogP contribution in [-0.4, -0.2) is 29.2 Å². The van der Waals surface area contributed by atoms with Crippen LogP contribution in [0.4, 0.5) is 32.0 Å². The number of rotatable bonds is 4. The molecule has 0 saturated carbocycles.